The highest BCUT2D eigenvalue weighted by Gasteiger charge is 2.33. The first-order valence-corrected chi connectivity index (χ1v) is 11.6. The first kappa shape index (κ1) is 26.6. The van der Waals surface area contributed by atoms with E-state index >= 15 is 0 Å². The third kappa shape index (κ3) is 6.07. The third-order valence-corrected chi connectivity index (χ3v) is 6.11. The molecule has 1 amide bonds. The molecular formula is C27H19ClF3N3O4. The number of aromatic carboxylic acids is 1. The lowest BCUT2D eigenvalue weighted by Gasteiger charge is -2.19. The zero-order chi connectivity index (χ0) is 27.4. The van der Waals surface area contributed by atoms with Crippen molar-refractivity contribution < 1.29 is 32.6 Å². The molecule has 1 atom stereocenters. The molecule has 7 nitrogen and oxygen atoms in total. The lowest BCUT2D eigenvalue weighted by molar-refractivity contribution is -0.274. The van der Waals surface area contributed by atoms with Crippen molar-refractivity contribution in [2.45, 2.75) is 25.2 Å². The van der Waals surface area contributed by atoms with E-state index < -0.39 is 35.6 Å². The average molecular weight is 542 g/mol. The van der Waals surface area contributed by atoms with E-state index in [4.69, 9.17) is 11.6 Å². The lowest BCUT2D eigenvalue weighted by Crippen LogP contribution is -2.36. The third-order valence-electron chi connectivity index (χ3n) is 5.80. The van der Waals surface area contributed by atoms with Crippen LogP contribution < -0.4 is 10.1 Å². The predicted octanol–water partition coefficient (Wildman–Crippen LogP) is 6.34. The number of H-pyrrole nitrogens is 1. The molecule has 38 heavy (non-hydrogen) atoms. The van der Waals surface area contributed by atoms with Crippen molar-refractivity contribution >= 4 is 34.4 Å². The van der Waals surface area contributed by atoms with Gasteiger partial charge in [0.1, 0.15) is 5.75 Å². The number of nitriles is 1. The van der Waals surface area contributed by atoms with E-state index in [9.17, 15) is 33.1 Å². The Balaban J connectivity index is 1.67. The lowest BCUT2D eigenvalue weighted by atomic mass is 9.99. The number of aromatic nitrogens is 1. The number of rotatable bonds is 8. The second-order valence-corrected chi connectivity index (χ2v) is 8.76. The molecule has 0 saturated heterocycles. The van der Waals surface area contributed by atoms with E-state index in [1.807, 2.05) is 30.3 Å². The Morgan fingerprint density at radius 2 is 1.79 bits per heavy atom. The second kappa shape index (κ2) is 10.9. The number of fused-ring (bicyclic) bond motifs is 1. The van der Waals surface area contributed by atoms with E-state index in [1.165, 1.54) is 30.3 Å². The first-order chi connectivity index (χ1) is 18.1. The van der Waals surface area contributed by atoms with Crippen LogP contribution in [0.15, 0.2) is 66.9 Å². The number of aromatic amines is 1. The van der Waals surface area contributed by atoms with E-state index in [1.54, 1.807) is 6.20 Å². The molecule has 0 aliphatic carbocycles. The standard InChI is InChI=1S/C27H19ClF3N3O4/c28-22-13-16(5-7-20(22)26(36)37)15-6-8-24(38-27(29,30)31)21(12-15)25(35)34-18(9-10-32)11-17-14-33-23-4-2-1-3-19(17)23/h1-8,12-14,18,33H,9,11H2,(H,34,35)(H,36,37). The van der Waals surface area contributed by atoms with E-state index in [0.29, 0.717) is 11.1 Å². The highest BCUT2D eigenvalue weighted by atomic mass is 35.5. The van der Waals surface area contributed by atoms with Crippen LogP contribution in [0.1, 0.15) is 32.7 Å². The molecule has 194 valence electrons. The van der Waals surface area contributed by atoms with Gasteiger partial charge in [0.05, 0.1) is 28.6 Å². The van der Waals surface area contributed by atoms with Gasteiger partial charge in [-0.2, -0.15) is 5.26 Å². The largest absolute Gasteiger partial charge is 0.573 e. The number of ether oxygens (including phenoxy) is 1. The number of para-hydroxylation sites is 1. The molecule has 4 aromatic rings. The highest BCUT2D eigenvalue weighted by molar-refractivity contribution is 6.33. The van der Waals surface area contributed by atoms with Crippen LogP contribution in [0.2, 0.25) is 5.02 Å². The molecule has 0 aliphatic rings. The van der Waals surface area contributed by atoms with Crippen LogP contribution in [0.3, 0.4) is 0 Å². The number of nitrogens with one attached hydrogen (secondary N) is 2. The molecule has 0 saturated carbocycles. The summed E-state index contributed by atoms with van der Waals surface area (Å²) in [6.07, 6.45) is -3.14. The number of alkyl halides is 3. The predicted molar refractivity (Wildman–Crippen MR) is 134 cm³/mol. The van der Waals surface area contributed by atoms with Crippen molar-refractivity contribution in [2.24, 2.45) is 0 Å². The SMILES string of the molecule is N#CCC(Cc1c[nH]c2ccccc12)NC(=O)c1cc(-c2ccc(C(=O)O)c(Cl)c2)ccc1OC(F)(F)F. The van der Waals surface area contributed by atoms with Gasteiger partial charge in [0.15, 0.2) is 0 Å². The summed E-state index contributed by atoms with van der Waals surface area (Å²) in [7, 11) is 0. The van der Waals surface area contributed by atoms with Crippen LogP contribution in [-0.4, -0.2) is 34.4 Å². The molecule has 1 unspecified atom stereocenters. The molecule has 0 fully saturated rings. The zero-order valence-electron chi connectivity index (χ0n) is 19.5. The summed E-state index contributed by atoms with van der Waals surface area (Å²) in [5.74, 6) is -2.84. The number of halogens is 4. The molecule has 4 rings (SSSR count). The van der Waals surface area contributed by atoms with Crippen LogP contribution in [-0.2, 0) is 6.42 Å². The summed E-state index contributed by atoms with van der Waals surface area (Å²) in [6, 6.07) is 16.2. The Bertz CT molecular complexity index is 1560. The first-order valence-electron chi connectivity index (χ1n) is 11.2. The van der Waals surface area contributed by atoms with Gasteiger partial charge >= 0.3 is 12.3 Å². The maximum absolute atomic E-state index is 13.2. The van der Waals surface area contributed by atoms with Crippen LogP contribution in [0.25, 0.3) is 22.0 Å². The molecule has 1 aromatic heterocycles. The van der Waals surface area contributed by atoms with Gasteiger partial charge in [0.2, 0.25) is 0 Å². The van der Waals surface area contributed by atoms with Gasteiger partial charge in [-0.25, -0.2) is 4.79 Å². The van der Waals surface area contributed by atoms with Crippen molar-refractivity contribution in [3.05, 3.63) is 88.6 Å². The summed E-state index contributed by atoms with van der Waals surface area (Å²) in [6.45, 7) is 0. The van der Waals surface area contributed by atoms with Crippen molar-refractivity contribution in [3.63, 3.8) is 0 Å². The average Bonchev–Trinajstić information content (AvgIpc) is 3.26. The summed E-state index contributed by atoms with van der Waals surface area (Å²) >= 11 is 6.04. The summed E-state index contributed by atoms with van der Waals surface area (Å²) in [5, 5.41) is 22.0. The van der Waals surface area contributed by atoms with Crippen LogP contribution >= 0.6 is 11.6 Å². The van der Waals surface area contributed by atoms with Crippen molar-refractivity contribution in [1.82, 2.24) is 10.3 Å². The van der Waals surface area contributed by atoms with Gasteiger partial charge in [-0.3, -0.25) is 4.79 Å². The molecule has 3 N–H and O–H groups in total. The van der Waals surface area contributed by atoms with Gasteiger partial charge in [0, 0.05) is 23.1 Å². The number of carbonyl (C=O) groups is 2. The maximum Gasteiger partial charge on any atom is 0.573 e. The van der Waals surface area contributed by atoms with Gasteiger partial charge in [-0.1, -0.05) is 41.9 Å². The molecular weight excluding hydrogens is 523 g/mol. The number of hydrogen-bond donors (Lipinski definition) is 3. The minimum absolute atomic E-state index is 0.0792. The number of amides is 1. The van der Waals surface area contributed by atoms with Crippen molar-refractivity contribution in [2.75, 3.05) is 0 Å². The van der Waals surface area contributed by atoms with E-state index in [-0.39, 0.29) is 23.4 Å². The minimum atomic E-state index is -5.06. The molecule has 0 aliphatic heterocycles. The summed E-state index contributed by atoms with van der Waals surface area (Å²) in [4.78, 5) is 27.6. The summed E-state index contributed by atoms with van der Waals surface area (Å²) < 4.78 is 43.4. The van der Waals surface area contributed by atoms with Crippen LogP contribution in [0.5, 0.6) is 5.75 Å². The number of carboxylic acid groups (broad SMARTS) is 1. The molecule has 0 spiro atoms. The van der Waals surface area contributed by atoms with Gasteiger partial charge in [0.25, 0.3) is 5.91 Å². The Morgan fingerprint density at radius 3 is 2.47 bits per heavy atom. The van der Waals surface area contributed by atoms with Crippen LogP contribution in [0, 0.1) is 11.3 Å². The Hall–Kier alpha value is -4.49. The highest BCUT2D eigenvalue weighted by Crippen LogP contribution is 2.33. The normalized spacial score (nSPS) is 12.1. The minimum Gasteiger partial charge on any atom is -0.478 e. The smallest absolute Gasteiger partial charge is 0.478 e. The Labute approximate surface area is 219 Å². The number of carboxylic acids is 1. The monoisotopic (exact) mass is 541 g/mol. The second-order valence-electron chi connectivity index (χ2n) is 8.35. The molecule has 3 aromatic carbocycles. The topological polar surface area (TPSA) is 115 Å². The zero-order valence-corrected chi connectivity index (χ0v) is 20.2. The molecule has 0 bridgehead atoms. The number of benzene rings is 3. The fraction of sp³-hybridized carbons (Fsp3) is 0.148. The van der Waals surface area contributed by atoms with Crippen molar-refractivity contribution in [3.8, 4) is 22.9 Å². The van der Waals surface area contributed by atoms with Crippen molar-refractivity contribution in [1.29, 1.82) is 5.26 Å². The van der Waals surface area contributed by atoms with Crippen LogP contribution in [0.4, 0.5) is 13.2 Å². The van der Waals surface area contributed by atoms with E-state index in [2.05, 4.69) is 15.0 Å². The quantitative estimate of drug-likeness (QED) is 0.241. The van der Waals surface area contributed by atoms with E-state index in [0.717, 1.165) is 22.5 Å². The molecule has 11 heteroatoms. The van der Waals surface area contributed by atoms with Gasteiger partial charge in [-0.05, 0) is 53.4 Å². The Morgan fingerprint density at radius 1 is 1.08 bits per heavy atom. The number of carbonyl (C=O) groups excluding carboxylic acids is 1. The fourth-order valence-corrected chi connectivity index (χ4v) is 4.34. The summed E-state index contributed by atoms with van der Waals surface area (Å²) in [5.41, 5.74) is 1.81. The molecule has 1 heterocycles. The van der Waals surface area contributed by atoms with Gasteiger partial charge < -0.3 is 20.1 Å². The fourth-order valence-electron chi connectivity index (χ4n) is 4.08. The number of nitrogens with zero attached hydrogens (tertiary/aromatic N) is 1. The number of hydrogen-bond acceptors (Lipinski definition) is 4. The Kier molecular flexibility index (Phi) is 7.60. The van der Waals surface area contributed by atoms with Gasteiger partial charge in [-0.15, -0.1) is 13.2 Å². The maximum atomic E-state index is 13.2. The molecule has 0 radical (unpaired) electrons.